The van der Waals surface area contributed by atoms with Gasteiger partial charge in [-0.15, -0.1) is 0 Å². The highest BCUT2D eigenvalue weighted by molar-refractivity contribution is 6.30. The van der Waals surface area contributed by atoms with Crippen LogP contribution in [-0.2, 0) is 25.7 Å². The number of likely N-dealkylation sites (tertiary alicyclic amines) is 1. The van der Waals surface area contributed by atoms with E-state index >= 15 is 0 Å². The molecule has 0 radical (unpaired) electrons. The van der Waals surface area contributed by atoms with E-state index in [2.05, 4.69) is 24.5 Å². The average Bonchev–Trinajstić information content (AvgIpc) is 3.60. The van der Waals surface area contributed by atoms with Crippen molar-refractivity contribution < 1.29 is 23.9 Å². The van der Waals surface area contributed by atoms with Crippen molar-refractivity contribution in [1.82, 2.24) is 10.2 Å². The SMILES string of the molecule is COc1ccc(CN2C(=O)[C@H]3[C@H](C(=O)Nc4ccc(Cl)cc4)[C@H]4C=C[C@@]3(O4)[C@@H]2C(=O)N[C@@H]2CCC[C@@H](C)[C@H]2C)cc1. The van der Waals surface area contributed by atoms with Gasteiger partial charge >= 0.3 is 0 Å². The predicted molar refractivity (Wildman–Crippen MR) is 155 cm³/mol. The lowest BCUT2D eigenvalue weighted by Gasteiger charge is -2.38. The number of benzene rings is 2. The number of nitrogens with one attached hydrogen (secondary N) is 2. The normalized spacial score (nSPS) is 33.5. The topological polar surface area (TPSA) is 97.0 Å². The molecule has 2 bridgehead atoms. The fourth-order valence-electron chi connectivity index (χ4n) is 7.17. The second kappa shape index (κ2) is 10.8. The van der Waals surface area contributed by atoms with Crippen molar-refractivity contribution in [2.75, 3.05) is 12.4 Å². The molecule has 0 unspecified atom stereocenters. The molecule has 0 aromatic heterocycles. The van der Waals surface area contributed by atoms with Crippen molar-refractivity contribution in [3.05, 3.63) is 71.3 Å². The highest BCUT2D eigenvalue weighted by Crippen LogP contribution is 2.55. The summed E-state index contributed by atoms with van der Waals surface area (Å²) in [6.07, 6.45) is 6.18. The molecule has 2 aromatic carbocycles. The van der Waals surface area contributed by atoms with Gasteiger partial charge in [0.2, 0.25) is 17.7 Å². The summed E-state index contributed by atoms with van der Waals surface area (Å²) >= 11 is 6.01. The van der Waals surface area contributed by atoms with Gasteiger partial charge in [-0.05, 0) is 60.2 Å². The number of hydrogen-bond donors (Lipinski definition) is 2. The molecule has 2 saturated heterocycles. The Morgan fingerprint density at radius 2 is 1.80 bits per heavy atom. The Kier molecular flexibility index (Phi) is 7.32. The second-order valence-electron chi connectivity index (χ2n) is 11.9. The zero-order chi connectivity index (χ0) is 28.9. The molecule has 9 heteroatoms. The van der Waals surface area contributed by atoms with Crippen LogP contribution in [0.2, 0.25) is 5.02 Å². The third kappa shape index (κ3) is 4.81. The van der Waals surface area contributed by atoms with E-state index in [9.17, 15) is 14.4 Å². The van der Waals surface area contributed by atoms with Crippen LogP contribution < -0.4 is 15.4 Å². The van der Waals surface area contributed by atoms with Crippen LogP contribution in [0.15, 0.2) is 60.7 Å². The first-order chi connectivity index (χ1) is 19.7. The van der Waals surface area contributed by atoms with Crippen LogP contribution in [0.3, 0.4) is 0 Å². The van der Waals surface area contributed by atoms with Crippen LogP contribution in [0.25, 0.3) is 0 Å². The molecular weight excluding hydrogens is 542 g/mol. The van der Waals surface area contributed by atoms with E-state index in [0.29, 0.717) is 28.3 Å². The van der Waals surface area contributed by atoms with Crippen LogP contribution in [0.1, 0.15) is 38.7 Å². The minimum atomic E-state index is -1.22. The van der Waals surface area contributed by atoms with E-state index in [-0.39, 0.29) is 30.3 Å². The molecule has 2 N–H and O–H groups in total. The molecule has 2 aromatic rings. The van der Waals surface area contributed by atoms with Gasteiger partial charge in [0.25, 0.3) is 0 Å². The number of amides is 3. The lowest BCUT2D eigenvalue weighted by atomic mass is 9.73. The number of carbonyl (C=O) groups is 3. The van der Waals surface area contributed by atoms with Crippen molar-refractivity contribution in [3.8, 4) is 5.75 Å². The van der Waals surface area contributed by atoms with Gasteiger partial charge in [0.05, 0.1) is 25.0 Å². The number of methoxy groups -OCH3 is 1. The number of hydrogen-bond acceptors (Lipinski definition) is 5. The number of rotatable bonds is 7. The van der Waals surface area contributed by atoms with Gasteiger partial charge in [0.1, 0.15) is 17.4 Å². The Morgan fingerprint density at radius 1 is 1.07 bits per heavy atom. The van der Waals surface area contributed by atoms with Crippen molar-refractivity contribution in [3.63, 3.8) is 0 Å². The summed E-state index contributed by atoms with van der Waals surface area (Å²) < 4.78 is 11.8. The minimum absolute atomic E-state index is 0.0196. The first-order valence-electron chi connectivity index (χ1n) is 14.4. The Balaban J connectivity index is 1.32. The molecule has 3 heterocycles. The Bertz CT molecular complexity index is 1360. The molecule has 4 aliphatic rings. The predicted octanol–water partition coefficient (Wildman–Crippen LogP) is 4.58. The van der Waals surface area contributed by atoms with E-state index in [1.165, 1.54) is 0 Å². The third-order valence-electron chi connectivity index (χ3n) is 9.58. The van der Waals surface area contributed by atoms with Crippen LogP contribution in [-0.4, -0.2) is 53.5 Å². The summed E-state index contributed by atoms with van der Waals surface area (Å²) in [7, 11) is 1.60. The lowest BCUT2D eigenvalue weighted by molar-refractivity contribution is -0.142. The maximum absolute atomic E-state index is 14.2. The minimum Gasteiger partial charge on any atom is -0.497 e. The highest BCUT2D eigenvalue weighted by Gasteiger charge is 2.72. The van der Waals surface area contributed by atoms with Crippen LogP contribution in [0.4, 0.5) is 5.69 Å². The third-order valence-corrected chi connectivity index (χ3v) is 9.84. The smallest absolute Gasteiger partial charge is 0.246 e. The molecule has 1 saturated carbocycles. The molecule has 1 aliphatic carbocycles. The van der Waals surface area contributed by atoms with Crippen LogP contribution in [0.5, 0.6) is 5.75 Å². The Hall–Kier alpha value is -3.36. The first-order valence-corrected chi connectivity index (χ1v) is 14.8. The zero-order valence-electron chi connectivity index (χ0n) is 23.5. The standard InChI is InChI=1S/C32H36ClN3O5/c1-18-5-4-6-24(19(18)2)35-30(38)28-32-16-15-25(41-32)26(29(37)34-22-11-9-21(33)10-12-22)27(32)31(39)36(28)17-20-7-13-23(40-3)14-8-20/h7-16,18-19,24-28H,4-6,17H2,1-3H3,(H,34,37)(H,35,38)/t18-,19-,24-,25-,26-,27-,28+,32+/m1/s1. The summed E-state index contributed by atoms with van der Waals surface area (Å²) in [6.45, 7) is 4.61. The highest BCUT2D eigenvalue weighted by atomic mass is 35.5. The maximum atomic E-state index is 14.2. The number of nitrogens with zero attached hydrogens (tertiary/aromatic N) is 1. The first kappa shape index (κ1) is 27.8. The summed E-state index contributed by atoms with van der Waals surface area (Å²) in [6, 6.07) is 13.4. The summed E-state index contributed by atoms with van der Waals surface area (Å²) in [5, 5.41) is 6.78. The molecular formula is C32H36ClN3O5. The molecule has 3 fully saturated rings. The summed E-state index contributed by atoms with van der Waals surface area (Å²) in [5.41, 5.74) is 0.216. The number of fused-ring (bicyclic) bond motifs is 1. The summed E-state index contributed by atoms with van der Waals surface area (Å²) in [4.78, 5) is 43.7. The van der Waals surface area contributed by atoms with E-state index in [0.717, 1.165) is 24.8 Å². The zero-order valence-corrected chi connectivity index (χ0v) is 24.3. The van der Waals surface area contributed by atoms with Crippen molar-refractivity contribution in [1.29, 1.82) is 0 Å². The van der Waals surface area contributed by atoms with Gasteiger partial charge in [-0.2, -0.15) is 0 Å². The molecule has 3 aliphatic heterocycles. The number of carbonyl (C=O) groups excluding carboxylic acids is 3. The molecule has 8 nitrogen and oxygen atoms in total. The van der Waals surface area contributed by atoms with Gasteiger partial charge in [-0.3, -0.25) is 14.4 Å². The fraction of sp³-hybridized carbons (Fsp3) is 0.469. The summed E-state index contributed by atoms with van der Waals surface area (Å²) in [5.74, 6) is -0.868. The fourth-order valence-corrected chi connectivity index (χ4v) is 7.30. The molecule has 1 spiro atoms. The largest absolute Gasteiger partial charge is 0.497 e. The molecule has 41 heavy (non-hydrogen) atoms. The van der Waals surface area contributed by atoms with E-state index in [1.54, 1.807) is 36.3 Å². The van der Waals surface area contributed by atoms with E-state index in [4.69, 9.17) is 21.1 Å². The maximum Gasteiger partial charge on any atom is 0.246 e. The molecule has 216 valence electrons. The lowest BCUT2D eigenvalue weighted by Crippen LogP contribution is -2.57. The quantitative estimate of drug-likeness (QED) is 0.470. The van der Waals surface area contributed by atoms with Crippen LogP contribution >= 0.6 is 11.6 Å². The van der Waals surface area contributed by atoms with Crippen molar-refractivity contribution >= 4 is 35.0 Å². The van der Waals surface area contributed by atoms with Crippen LogP contribution in [0, 0.1) is 23.7 Å². The average molecular weight is 578 g/mol. The Labute approximate surface area is 245 Å². The van der Waals surface area contributed by atoms with E-state index in [1.807, 2.05) is 36.4 Å². The number of ether oxygens (including phenoxy) is 2. The van der Waals surface area contributed by atoms with Gasteiger partial charge in [0.15, 0.2) is 0 Å². The van der Waals surface area contributed by atoms with Gasteiger partial charge in [0, 0.05) is 23.3 Å². The Morgan fingerprint density at radius 3 is 2.51 bits per heavy atom. The second-order valence-corrected chi connectivity index (χ2v) is 12.3. The van der Waals surface area contributed by atoms with E-state index < -0.39 is 29.6 Å². The monoisotopic (exact) mass is 577 g/mol. The number of anilines is 1. The van der Waals surface area contributed by atoms with Crippen molar-refractivity contribution in [2.24, 2.45) is 23.7 Å². The van der Waals surface area contributed by atoms with Gasteiger partial charge in [-0.1, -0.05) is 62.6 Å². The molecule has 6 rings (SSSR count). The number of halogens is 1. The molecule has 8 atom stereocenters. The van der Waals surface area contributed by atoms with Gasteiger partial charge in [-0.25, -0.2) is 0 Å². The molecule has 3 amide bonds. The van der Waals surface area contributed by atoms with Crippen molar-refractivity contribution in [2.45, 2.75) is 63.4 Å². The van der Waals surface area contributed by atoms with Gasteiger partial charge < -0.3 is 25.0 Å².